The number of aromatic nitrogens is 4. The van der Waals surface area contributed by atoms with Gasteiger partial charge in [-0.15, -0.1) is 5.10 Å². The zero-order valence-corrected chi connectivity index (χ0v) is 16.3. The summed E-state index contributed by atoms with van der Waals surface area (Å²) in [6.45, 7) is 2.79. The van der Waals surface area contributed by atoms with Gasteiger partial charge >= 0.3 is 6.18 Å². The number of likely N-dealkylation sites (tertiary alicyclic amines) is 1. The Kier molecular flexibility index (Phi) is 5.72. The molecule has 3 aromatic rings. The number of benzene rings is 1. The third-order valence-electron chi connectivity index (χ3n) is 5.38. The van der Waals surface area contributed by atoms with Crippen molar-refractivity contribution < 1.29 is 18.3 Å². The third kappa shape index (κ3) is 4.96. The molecule has 9 heteroatoms. The van der Waals surface area contributed by atoms with E-state index in [-0.39, 0.29) is 6.54 Å². The molecule has 30 heavy (non-hydrogen) atoms. The van der Waals surface area contributed by atoms with Crippen LogP contribution in [0.2, 0.25) is 0 Å². The van der Waals surface area contributed by atoms with E-state index in [0.717, 1.165) is 43.9 Å². The fourth-order valence-corrected chi connectivity index (χ4v) is 3.77. The summed E-state index contributed by atoms with van der Waals surface area (Å²) in [7, 11) is 0. The van der Waals surface area contributed by atoms with Crippen LogP contribution in [0.5, 0.6) is 5.75 Å². The van der Waals surface area contributed by atoms with Gasteiger partial charge in [-0.3, -0.25) is 9.88 Å². The molecule has 2 aromatic heterocycles. The second-order valence-corrected chi connectivity index (χ2v) is 7.59. The van der Waals surface area contributed by atoms with Crippen LogP contribution in [0.1, 0.15) is 41.3 Å². The van der Waals surface area contributed by atoms with E-state index in [4.69, 9.17) is 0 Å². The van der Waals surface area contributed by atoms with Gasteiger partial charge in [-0.1, -0.05) is 17.3 Å². The molecular formula is C21H22F3N5O. The zero-order valence-electron chi connectivity index (χ0n) is 16.3. The fraction of sp³-hybridized carbons (Fsp3) is 0.381. The van der Waals surface area contributed by atoms with Crippen molar-refractivity contribution in [2.24, 2.45) is 0 Å². The molecule has 0 amide bonds. The molecule has 1 aliphatic rings. The number of aromatic hydroxyl groups is 1. The minimum Gasteiger partial charge on any atom is -0.508 e. The Bertz CT molecular complexity index is 979. The fourth-order valence-electron chi connectivity index (χ4n) is 3.77. The average Bonchev–Trinajstić information content (AvgIpc) is 3.15. The molecule has 1 aromatic carbocycles. The van der Waals surface area contributed by atoms with Crippen LogP contribution in [0.4, 0.5) is 13.2 Å². The number of pyridine rings is 1. The number of hydrogen-bond acceptors (Lipinski definition) is 5. The topological polar surface area (TPSA) is 67.1 Å². The van der Waals surface area contributed by atoms with Crippen LogP contribution in [0.15, 0.2) is 48.8 Å². The standard InChI is InChI=1S/C21H22F3N5O/c22-21(23,24)17-4-5-18(25-11-17)13-29-14-19(26-27-29)12-28-8-6-15(7-9-28)16-2-1-3-20(30)10-16/h1-5,10-11,14-15,30H,6-9,12-13H2. The molecule has 0 aliphatic carbocycles. The number of piperidine rings is 1. The molecule has 0 bridgehead atoms. The molecule has 1 saturated heterocycles. The number of alkyl halides is 3. The van der Waals surface area contributed by atoms with E-state index in [1.54, 1.807) is 16.9 Å². The van der Waals surface area contributed by atoms with Crippen LogP contribution >= 0.6 is 0 Å². The highest BCUT2D eigenvalue weighted by molar-refractivity contribution is 5.30. The van der Waals surface area contributed by atoms with Crippen molar-refractivity contribution in [3.05, 3.63) is 71.3 Å². The van der Waals surface area contributed by atoms with Gasteiger partial charge in [-0.25, -0.2) is 4.68 Å². The quantitative estimate of drug-likeness (QED) is 0.684. The van der Waals surface area contributed by atoms with Crippen molar-refractivity contribution in [1.29, 1.82) is 0 Å². The molecule has 3 heterocycles. The van der Waals surface area contributed by atoms with Gasteiger partial charge in [0.05, 0.1) is 29.7 Å². The SMILES string of the molecule is Oc1cccc(C2CCN(Cc3cn(Cc4ccc(C(F)(F)F)cn4)nn3)CC2)c1. The van der Waals surface area contributed by atoms with Gasteiger partial charge in [0.15, 0.2) is 0 Å². The summed E-state index contributed by atoms with van der Waals surface area (Å²) >= 11 is 0. The molecule has 0 radical (unpaired) electrons. The summed E-state index contributed by atoms with van der Waals surface area (Å²) in [5.41, 5.74) is 1.72. The molecule has 158 valence electrons. The summed E-state index contributed by atoms with van der Waals surface area (Å²) < 4.78 is 39.5. The molecule has 6 nitrogen and oxygen atoms in total. The van der Waals surface area contributed by atoms with E-state index < -0.39 is 11.7 Å². The highest BCUT2D eigenvalue weighted by atomic mass is 19.4. The van der Waals surface area contributed by atoms with Crippen LogP contribution < -0.4 is 0 Å². The van der Waals surface area contributed by atoms with E-state index in [9.17, 15) is 18.3 Å². The van der Waals surface area contributed by atoms with Gasteiger partial charge in [0.1, 0.15) is 5.75 Å². The van der Waals surface area contributed by atoms with Crippen molar-refractivity contribution in [3.63, 3.8) is 0 Å². The summed E-state index contributed by atoms with van der Waals surface area (Å²) in [6, 6.07) is 9.83. The Labute approximate surface area is 172 Å². The maximum Gasteiger partial charge on any atom is 0.417 e. The molecule has 1 aliphatic heterocycles. The van der Waals surface area contributed by atoms with Gasteiger partial charge in [-0.2, -0.15) is 13.2 Å². The molecule has 0 saturated carbocycles. The number of rotatable bonds is 5. The molecule has 1 fully saturated rings. The van der Waals surface area contributed by atoms with Gasteiger partial charge in [0.25, 0.3) is 0 Å². The number of phenols is 1. The number of phenolic OH excluding ortho intramolecular Hbond substituents is 1. The molecule has 0 atom stereocenters. The number of halogens is 3. The lowest BCUT2D eigenvalue weighted by molar-refractivity contribution is -0.137. The first kappa shape index (κ1) is 20.3. The Hall–Kier alpha value is -2.94. The number of hydrogen-bond donors (Lipinski definition) is 1. The second kappa shape index (κ2) is 8.43. The smallest absolute Gasteiger partial charge is 0.417 e. The Morgan fingerprint density at radius 1 is 1.03 bits per heavy atom. The highest BCUT2D eigenvalue weighted by Gasteiger charge is 2.30. The average molecular weight is 417 g/mol. The minimum atomic E-state index is -4.39. The van der Waals surface area contributed by atoms with E-state index in [0.29, 0.717) is 23.9 Å². The lowest BCUT2D eigenvalue weighted by atomic mass is 9.89. The van der Waals surface area contributed by atoms with Gasteiger partial charge in [-0.05, 0) is 61.7 Å². The van der Waals surface area contributed by atoms with Crippen LogP contribution in [0, 0.1) is 0 Å². The van der Waals surface area contributed by atoms with Gasteiger partial charge < -0.3 is 5.11 Å². The Morgan fingerprint density at radius 2 is 1.83 bits per heavy atom. The molecule has 0 spiro atoms. The Balaban J connectivity index is 1.30. The predicted molar refractivity (Wildman–Crippen MR) is 104 cm³/mol. The normalized spacial score (nSPS) is 16.1. The zero-order chi connectivity index (χ0) is 21.1. The minimum absolute atomic E-state index is 0.269. The summed E-state index contributed by atoms with van der Waals surface area (Å²) in [4.78, 5) is 6.18. The summed E-state index contributed by atoms with van der Waals surface area (Å²) in [5.74, 6) is 0.740. The molecule has 1 N–H and O–H groups in total. The highest BCUT2D eigenvalue weighted by Crippen LogP contribution is 2.30. The molecule has 0 unspecified atom stereocenters. The van der Waals surface area contributed by atoms with Gasteiger partial charge in [0.2, 0.25) is 0 Å². The monoisotopic (exact) mass is 417 g/mol. The second-order valence-electron chi connectivity index (χ2n) is 7.59. The van der Waals surface area contributed by atoms with E-state index >= 15 is 0 Å². The van der Waals surface area contributed by atoms with Crippen molar-refractivity contribution in [2.75, 3.05) is 13.1 Å². The van der Waals surface area contributed by atoms with Crippen LogP contribution in [-0.4, -0.2) is 43.1 Å². The molecular weight excluding hydrogens is 395 g/mol. The van der Waals surface area contributed by atoms with E-state index in [2.05, 4.69) is 26.3 Å². The lowest BCUT2D eigenvalue weighted by Crippen LogP contribution is -2.32. The van der Waals surface area contributed by atoms with Crippen molar-refractivity contribution in [2.45, 2.75) is 38.0 Å². The van der Waals surface area contributed by atoms with E-state index in [1.165, 1.54) is 11.6 Å². The lowest BCUT2D eigenvalue weighted by Gasteiger charge is -2.31. The van der Waals surface area contributed by atoms with Gasteiger partial charge in [0, 0.05) is 12.7 Å². The number of nitrogens with zero attached hydrogens (tertiary/aromatic N) is 5. The summed E-state index contributed by atoms with van der Waals surface area (Å²) in [6.07, 6.45) is 0.269. The Morgan fingerprint density at radius 3 is 2.50 bits per heavy atom. The van der Waals surface area contributed by atoms with Crippen molar-refractivity contribution in [1.82, 2.24) is 24.9 Å². The van der Waals surface area contributed by atoms with Crippen LogP contribution in [-0.2, 0) is 19.3 Å². The summed E-state index contributed by atoms with van der Waals surface area (Å²) in [5, 5.41) is 17.9. The van der Waals surface area contributed by atoms with E-state index in [1.807, 2.05) is 12.1 Å². The largest absolute Gasteiger partial charge is 0.508 e. The molecule has 4 rings (SSSR count). The maximum absolute atomic E-state index is 12.6. The van der Waals surface area contributed by atoms with Crippen LogP contribution in [0.25, 0.3) is 0 Å². The maximum atomic E-state index is 12.6. The first-order valence-electron chi connectivity index (χ1n) is 9.79. The van der Waals surface area contributed by atoms with Crippen molar-refractivity contribution >= 4 is 0 Å². The third-order valence-corrected chi connectivity index (χ3v) is 5.38. The first-order valence-corrected chi connectivity index (χ1v) is 9.79. The van der Waals surface area contributed by atoms with Crippen molar-refractivity contribution in [3.8, 4) is 5.75 Å². The first-order chi connectivity index (χ1) is 14.4. The predicted octanol–water partition coefficient (Wildman–Crippen LogP) is 3.83. The van der Waals surface area contributed by atoms with Crippen LogP contribution in [0.3, 0.4) is 0 Å².